The quantitative estimate of drug-likeness (QED) is 0.602. The van der Waals surface area contributed by atoms with E-state index in [1.165, 1.54) is 0 Å². The lowest BCUT2D eigenvalue weighted by Gasteiger charge is -2.14. The fourth-order valence-electron chi connectivity index (χ4n) is 2.57. The summed E-state index contributed by atoms with van der Waals surface area (Å²) in [5.41, 5.74) is 2.68. The summed E-state index contributed by atoms with van der Waals surface area (Å²) in [5, 5.41) is 20.5. The zero-order valence-electron chi connectivity index (χ0n) is 14.5. The molecule has 3 aromatic rings. The molecule has 1 atom stereocenters. The molecular weight excluding hydrogens is 396 g/mol. The lowest BCUT2D eigenvalue weighted by Crippen LogP contribution is -2.13. The van der Waals surface area contributed by atoms with Crippen molar-refractivity contribution in [3.05, 3.63) is 64.7 Å². The van der Waals surface area contributed by atoms with Gasteiger partial charge in [0.25, 0.3) is 5.91 Å². The Bertz CT molecular complexity index is 925. The molecule has 2 aromatic carbocycles. The van der Waals surface area contributed by atoms with Crippen molar-refractivity contribution in [2.45, 2.75) is 26.2 Å². The Labute approximate surface area is 160 Å². The number of aromatic nitrogens is 3. The Morgan fingerprint density at radius 2 is 1.96 bits per heavy atom. The molecule has 0 fully saturated rings. The van der Waals surface area contributed by atoms with Crippen LogP contribution in [0.2, 0.25) is 0 Å². The number of rotatable bonds is 5. The van der Waals surface area contributed by atoms with Crippen LogP contribution in [0.1, 0.15) is 42.1 Å². The third-order valence-electron chi connectivity index (χ3n) is 4.36. The van der Waals surface area contributed by atoms with Crippen LogP contribution in [0.3, 0.4) is 0 Å². The Hall–Kier alpha value is -2.67. The summed E-state index contributed by atoms with van der Waals surface area (Å²) in [6.45, 7) is 4.21. The summed E-state index contributed by atoms with van der Waals surface area (Å²) >= 11 is 3.41. The molecule has 0 bridgehead atoms. The molecule has 0 aliphatic heterocycles. The zero-order chi connectivity index (χ0) is 18.7. The van der Waals surface area contributed by atoms with Crippen molar-refractivity contribution < 1.29 is 9.90 Å². The van der Waals surface area contributed by atoms with Gasteiger partial charge in [-0.2, -0.15) is 0 Å². The van der Waals surface area contributed by atoms with E-state index in [1.54, 1.807) is 35.4 Å². The average Bonchev–Trinajstić information content (AvgIpc) is 3.18. The first-order valence-electron chi connectivity index (χ1n) is 8.28. The van der Waals surface area contributed by atoms with Crippen molar-refractivity contribution in [2.24, 2.45) is 0 Å². The van der Waals surface area contributed by atoms with Crippen LogP contribution in [0, 0.1) is 0 Å². The van der Waals surface area contributed by atoms with Gasteiger partial charge in [0.15, 0.2) is 0 Å². The van der Waals surface area contributed by atoms with Gasteiger partial charge in [0.1, 0.15) is 18.4 Å². The summed E-state index contributed by atoms with van der Waals surface area (Å²) < 4.78 is 2.37. The largest absolute Gasteiger partial charge is 0.506 e. The lowest BCUT2D eigenvalue weighted by atomic mass is 9.98. The fraction of sp³-hybridized carbons (Fsp3) is 0.211. The molecule has 0 saturated carbocycles. The first-order chi connectivity index (χ1) is 12.5. The van der Waals surface area contributed by atoms with E-state index in [2.05, 4.69) is 45.3 Å². The number of nitrogens with one attached hydrogen (secondary N) is 1. The van der Waals surface area contributed by atoms with Gasteiger partial charge in [-0.05, 0) is 64.2 Å². The molecule has 1 amide bonds. The number of hydrogen-bond donors (Lipinski definition) is 2. The number of hydrogen-bond acceptors (Lipinski definition) is 4. The highest BCUT2D eigenvalue weighted by Gasteiger charge is 2.15. The number of halogens is 1. The van der Waals surface area contributed by atoms with E-state index in [0.29, 0.717) is 21.6 Å². The molecule has 1 aromatic heterocycles. The van der Waals surface area contributed by atoms with Crippen molar-refractivity contribution in [3.63, 3.8) is 0 Å². The van der Waals surface area contributed by atoms with Crippen molar-refractivity contribution in [3.8, 4) is 11.4 Å². The molecule has 0 saturated heterocycles. The van der Waals surface area contributed by atoms with Gasteiger partial charge in [0.2, 0.25) is 0 Å². The van der Waals surface area contributed by atoms with E-state index in [9.17, 15) is 9.90 Å². The number of benzene rings is 2. The van der Waals surface area contributed by atoms with E-state index in [4.69, 9.17) is 0 Å². The normalized spacial score (nSPS) is 12.0. The molecule has 0 spiro atoms. The molecule has 0 aliphatic rings. The summed E-state index contributed by atoms with van der Waals surface area (Å²) in [7, 11) is 0. The van der Waals surface area contributed by atoms with Crippen LogP contribution in [0.5, 0.6) is 5.75 Å². The van der Waals surface area contributed by atoms with E-state index in [-0.39, 0.29) is 11.7 Å². The van der Waals surface area contributed by atoms with Crippen LogP contribution in [-0.4, -0.2) is 25.8 Å². The Kier molecular flexibility index (Phi) is 5.37. The molecule has 2 N–H and O–H groups in total. The zero-order valence-corrected chi connectivity index (χ0v) is 16.1. The summed E-state index contributed by atoms with van der Waals surface area (Å²) in [5.74, 6) is 0.0648. The predicted molar refractivity (Wildman–Crippen MR) is 104 cm³/mol. The first kappa shape index (κ1) is 18.1. The van der Waals surface area contributed by atoms with Gasteiger partial charge in [-0.3, -0.25) is 9.36 Å². The van der Waals surface area contributed by atoms with Gasteiger partial charge in [0, 0.05) is 10.2 Å². The van der Waals surface area contributed by atoms with Crippen LogP contribution in [0.4, 0.5) is 5.69 Å². The smallest absolute Gasteiger partial charge is 0.256 e. The second-order valence-electron chi connectivity index (χ2n) is 6.07. The minimum atomic E-state index is -0.316. The van der Waals surface area contributed by atoms with Crippen LogP contribution in [0.15, 0.2) is 53.5 Å². The summed E-state index contributed by atoms with van der Waals surface area (Å²) in [4.78, 5) is 12.8. The molecule has 3 rings (SSSR count). The minimum absolute atomic E-state index is 0.0384. The highest BCUT2D eigenvalue weighted by molar-refractivity contribution is 9.10. The topological polar surface area (TPSA) is 80.0 Å². The molecule has 1 heterocycles. The maximum Gasteiger partial charge on any atom is 0.256 e. The van der Waals surface area contributed by atoms with E-state index >= 15 is 0 Å². The molecule has 0 aliphatic carbocycles. The highest BCUT2D eigenvalue weighted by Crippen LogP contribution is 2.30. The lowest BCUT2D eigenvalue weighted by molar-refractivity contribution is 0.102. The first-order valence-corrected chi connectivity index (χ1v) is 9.07. The third kappa shape index (κ3) is 3.77. The number of carbonyl (C=O) groups is 1. The number of amides is 1. The standard InChI is InChI=1S/C19H19BrN4O2/c1-3-12(2)13-4-7-18(25)17(8-13)23-19(26)15-9-14(5-6-16(15)20)24-10-21-22-11-24/h4-12,25H,3H2,1-2H3,(H,23,26). The number of phenols is 1. The third-order valence-corrected chi connectivity index (χ3v) is 5.05. The van der Waals surface area contributed by atoms with Gasteiger partial charge < -0.3 is 10.4 Å². The highest BCUT2D eigenvalue weighted by atomic mass is 79.9. The van der Waals surface area contributed by atoms with Crippen LogP contribution >= 0.6 is 15.9 Å². The fourth-order valence-corrected chi connectivity index (χ4v) is 2.99. The van der Waals surface area contributed by atoms with Crippen molar-refractivity contribution >= 4 is 27.5 Å². The van der Waals surface area contributed by atoms with Gasteiger partial charge in [-0.25, -0.2) is 0 Å². The van der Waals surface area contributed by atoms with E-state index in [0.717, 1.165) is 17.7 Å². The van der Waals surface area contributed by atoms with Crippen LogP contribution in [-0.2, 0) is 0 Å². The monoisotopic (exact) mass is 414 g/mol. The number of aromatic hydroxyl groups is 1. The minimum Gasteiger partial charge on any atom is -0.506 e. The van der Waals surface area contributed by atoms with Gasteiger partial charge in [0.05, 0.1) is 11.3 Å². The molecule has 7 heteroatoms. The van der Waals surface area contributed by atoms with Crippen molar-refractivity contribution in [1.82, 2.24) is 14.8 Å². The molecule has 6 nitrogen and oxygen atoms in total. The average molecular weight is 415 g/mol. The Balaban J connectivity index is 1.90. The molecule has 26 heavy (non-hydrogen) atoms. The SMILES string of the molecule is CCC(C)c1ccc(O)c(NC(=O)c2cc(-n3cnnc3)ccc2Br)c1. The van der Waals surface area contributed by atoms with Crippen molar-refractivity contribution in [2.75, 3.05) is 5.32 Å². The van der Waals surface area contributed by atoms with Gasteiger partial charge in [-0.15, -0.1) is 10.2 Å². The molecule has 0 radical (unpaired) electrons. The number of anilines is 1. The van der Waals surface area contributed by atoms with E-state index < -0.39 is 0 Å². The molecular formula is C19H19BrN4O2. The predicted octanol–water partition coefficient (Wildman–Crippen LogP) is 4.50. The number of nitrogens with zero attached hydrogens (tertiary/aromatic N) is 3. The maximum absolute atomic E-state index is 12.8. The van der Waals surface area contributed by atoms with Crippen LogP contribution < -0.4 is 5.32 Å². The van der Waals surface area contributed by atoms with Crippen LogP contribution in [0.25, 0.3) is 5.69 Å². The summed E-state index contributed by atoms with van der Waals surface area (Å²) in [6.07, 6.45) is 4.10. The Morgan fingerprint density at radius 1 is 1.23 bits per heavy atom. The second-order valence-corrected chi connectivity index (χ2v) is 6.93. The van der Waals surface area contributed by atoms with Crippen molar-refractivity contribution in [1.29, 1.82) is 0 Å². The number of phenolic OH excluding ortho intramolecular Hbond substituents is 1. The van der Waals surface area contributed by atoms with E-state index in [1.807, 2.05) is 18.2 Å². The summed E-state index contributed by atoms with van der Waals surface area (Å²) in [6, 6.07) is 10.7. The molecule has 1 unspecified atom stereocenters. The van der Waals surface area contributed by atoms with Gasteiger partial charge in [-0.1, -0.05) is 19.9 Å². The number of carbonyl (C=O) groups excluding carboxylic acids is 1. The second kappa shape index (κ2) is 7.70. The molecule has 134 valence electrons. The van der Waals surface area contributed by atoms with Gasteiger partial charge >= 0.3 is 0 Å². The Morgan fingerprint density at radius 3 is 2.65 bits per heavy atom. The maximum atomic E-state index is 12.8.